The molecule has 0 spiro atoms. The van der Waals surface area contributed by atoms with Crippen molar-refractivity contribution in [3.8, 4) is 5.75 Å². The number of amides is 1. The van der Waals surface area contributed by atoms with Gasteiger partial charge in [-0.2, -0.15) is 0 Å². The van der Waals surface area contributed by atoms with Gasteiger partial charge in [0.2, 0.25) is 5.91 Å². The van der Waals surface area contributed by atoms with Crippen LogP contribution < -0.4 is 10.1 Å². The number of piperidine rings is 1. The highest BCUT2D eigenvalue weighted by Crippen LogP contribution is 2.21. The molecule has 1 N–H and O–H groups in total. The highest BCUT2D eigenvalue weighted by molar-refractivity contribution is 5.78. The topological polar surface area (TPSA) is 44.8 Å². The van der Waals surface area contributed by atoms with Gasteiger partial charge in [-0.25, -0.2) is 0 Å². The normalized spacial score (nSPS) is 16.5. The van der Waals surface area contributed by atoms with Gasteiger partial charge >= 0.3 is 0 Å². The number of benzene rings is 1. The molecule has 1 heterocycles. The summed E-state index contributed by atoms with van der Waals surface area (Å²) in [5.41, 5.74) is 1.39. The van der Waals surface area contributed by atoms with E-state index in [1.54, 1.807) is 0 Å². The SMILES string of the molecule is CCOc1ccc(CN2CCC(C(=O)NCC(C)(C)CN(C)C)CC2)cc1. The third-order valence-corrected chi connectivity index (χ3v) is 5.08. The van der Waals surface area contributed by atoms with Crippen LogP contribution in [0.1, 0.15) is 39.2 Å². The maximum Gasteiger partial charge on any atom is 0.223 e. The molecule has 152 valence electrons. The van der Waals surface area contributed by atoms with Crippen molar-refractivity contribution in [2.75, 3.05) is 46.9 Å². The Morgan fingerprint density at radius 2 is 1.85 bits per heavy atom. The first kappa shape index (κ1) is 21.7. The number of nitrogens with one attached hydrogen (secondary N) is 1. The smallest absolute Gasteiger partial charge is 0.223 e. The molecule has 1 aliphatic rings. The van der Waals surface area contributed by atoms with Crippen molar-refractivity contribution in [3.05, 3.63) is 29.8 Å². The molecular formula is C22H37N3O2. The lowest BCUT2D eigenvalue weighted by Crippen LogP contribution is -2.44. The summed E-state index contributed by atoms with van der Waals surface area (Å²) in [7, 11) is 4.15. The fourth-order valence-corrected chi connectivity index (χ4v) is 3.85. The van der Waals surface area contributed by atoms with E-state index in [0.29, 0.717) is 6.61 Å². The zero-order chi connectivity index (χ0) is 19.9. The molecule has 1 amide bonds. The molecule has 5 heteroatoms. The predicted octanol–water partition coefficient (Wildman–Crippen LogP) is 3.00. The zero-order valence-electron chi connectivity index (χ0n) is 17.8. The Morgan fingerprint density at radius 1 is 1.22 bits per heavy atom. The Balaban J connectivity index is 1.73. The van der Waals surface area contributed by atoms with Crippen LogP contribution in [0.25, 0.3) is 0 Å². The first-order valence-corrected chi connectivity index (χ1v) is 10.2. The van der Waals surface area contributed by atoms with Crippen molar-refractivity contribution in [1.82, 2.24) is 15.1 Å². The largest absolute Gasteiger partial charge is 0.494 e. The fourth-order valence-electron chi connectivity index (χ4n) is 3.85. The van der Waals surface area contributed by atoms with Gasteiger partial charge in [-0.05, 0) is 70.1 Å². The highest BCUT2D eigenvalue weighted by atomic mass is 16.5. The number of carbonyl (C=O) groups is 1. The van der Waals surface area contributed by atoms with E-state index in [1.807, 2.05) is 19.1 Å². The summed E-state index contributed by atoms with van der Waals surface area (Å²) in [5, 5.41) is 3.18. The maximum atomic E-state index is 12.5. The number of hydrogen-bond donors (Lipinski definition) is 1. The third kappa shape index (κ3) is 7.51. The Kier molecular flexibility index (Phi) is 8.11. The predicted molar refractivity (Wildman–Crippen MR) is 111 cm³/mol. The van der Waals surface area contributed by atoms with E-state index in [1.165, 1.54) is 5.56 Å². The molecule has 1 aromatic rings. The molecule has 0 radical (unpaired) electrons. The quantitative estimate of drug-likeness (QED) is 0.721. The summed E-state index contributed by atoms with van der Waals surface area (Å²) in [6.07, 6.45) is 1.88. The number of carbonyl (C=O) groups excluding carboxylic acids is 1. The number of likely N-dealkylation sites (tertiary alicyclic amines) is 1. The molecule has 1 fully saturated rings. The van der Waals surface area contributed by atoms with Crippen LogP contribution in [0.15, 0.2) is 24.3 Å². The van der Waals surface area contributed by atoms with Crippen LogP contribution in [0, 0.1) is 11.3 Å². The van der Waals surface area contributed by atoms with Crippen molar-refractivity contribution in [1.29, 1.82) is 0 Å². The van der Waals surface area contributed by atoms with Gasteiger partial charge in [-0.3, -0.25) is 9.69 Å². The molecule has 1 saturated heterocycles. The second-order valence-electron chi connectivity index (χ2n) is 8.75. The lowest BCUT2D eigenvalue weighted by Gasteiger charge is -2.33. The van der Waals surface area contributed by atoms with E-state index in [4.69, 9.17) is 4.74 Å². The Hall–Kier alpha value is -1.59. The molecule has 0 atom stereocenters. The zero-order valence-corrected chi connectivity index (χ0v) is 17.8. The van der Waals surface area contributed by atoms with Crippen molar-refractivity contribution in [2.45, 2.75) is 40.2 Å². The Morgan fingerprint density at radius 3 is 2.41 bits per heavy atom. The molecule has 0 aliphatic carbocycles. The second-order valence-corrected chi connectivity index (χ2v) is 8.75. The van der Waals surface area contributed by atoms with Crippen molar-refractivity contribution >= 4 is 5.91 Å². The number of rotatable bonds is 9. The highest BCUT2D eigenvalue weighted by Gasteiger charge is 2.27. The molecular weight excluding hydrogens is 338 g/mol. The monoisotopic (exact) mass is 375 g/mol. The van der Waals surface area contributed by atoms with Crippen LogP contribution >= 0.6 is 0 Å². The fraction of sp³-hybridized carbons (Fsp3) is 0.682. The standard InChI is InChI=1S/C22H37N3O2/c1-6-27-20-9-7-18(8-10-20)15-25-13-11-19(12-14-25)21(26)23-16-22(2,3)17-24(4)5/h7-10,19H,6,11-17H2,1-5H3,(H,23,26). The average molecular weight is 376 g/mol. The van der Waals surface area contributed by atoms with Gasteiger partial charge in [0.25, 0.3) is 0 Å². The summed E-state index contributed by atoms with van der Waals surface area (Å²) in [6.45, 7) is 11.7. The van der Waals surface area contributed by atoms with E-state index >= 15 is 0 Å². The minimum Gasteiger partial charge on any atom is -0.494 e. The first-order valence-electron chi connectivity index (χ1n) is 10.2. The van der Waals surface area contributed by atoms with Gasteiger partial charge in [-0.15, -0.1) is 0 Å². The van der Waals surface area contributed by atoms with Crippen molar-refractivity contribution in [2.24, 2.45) is 11.3 Å². The summed E-state index contributed by atoms with van der Waals surface area (Å²) in [4.78, 5) is 17.1. The van der Waals surface area contributed by atoms with Gasteiger partial charge in [0, 0.05) is 25.6 Å². The lowest BCUT2D eigenvalue weighted by atomic mass is 9.91. The summed E-state index contributed by atoms with van der Waals surface area (Å²) >= 11 is 0. The molecule has 1 aromatic carbocycles. The van der Waals surface area contributed by atoms with Crippen LogP contribution in [0.5, 0.6) is 5.75 Å². The maximum absolute atomic E-state index is 12.5. The van der Waals surface area contributed by atoms with E-state index < -0.39 is 0 Å². The molecule has 0 bridgehead atoms. The van der Waals surface area contributed by atoms with E-state index in [0.717, 1.165) is 51.3 Å². The lowest BCUT2D eigenvalue weighted by molar-refractivity contribution is -0.127. The number of nitrogens with zero attached hydrogens (tertiary/aromatic N) is 2. The van der Waals surface area contributed by atoms with Crippen LogP contribution in [-0.2, 0) is 11.3 Å². The summed E-state index contributed by atoms with van der Waals surface area (Å²) in [5.74, 6) is 1.30. The van der Waals surface area contributed by atoms with Gasteiger partial charge in [-0.1, -0.05) is 26.0 Å². The van der Waals surface area contributed by atoms with Crippen LogP contribution in [-0.4, -0.2) is 62.6 Å². The van der Waals surface area contributed by atoms with E-state index in [9.17, 15) is 4.79 Å². The molecule has 0 saturated carbocycles. The van der Waals surface area contributed by atoms with E-state index in [-0.39, 0.29) is 17.2 Å². The first-order chi connectivity index (χ1) is 12.8. The molecule has 27 heavy (non-hydrogen) atoms. The molecule has 1 aliphatic heterocycles. The van der Waals surface area contributed by atoms with Gasteiger partial charge in [0.05, 0.1) is 6.61 Å². The Bertz CT molecular complexity index is 576. The number of hydrogen-bond acceptors (Lipinski definition) is 4. The minimum absolute atomic E-state index is 0.0908. The van der Waals surface area contributed by atoms with Crippen LogP contribution in [0.2, 0.25) is 0 Å². The number of ether oxygens (including phenoxy) is 1. The average Bonchev–Trinajstić information content (AvgIpc) is 2.61. The summed E-state index contributed by atoms with van der Waals surface area (Å²) in [6, 6.07) is 8.34. The van der Waals surface area contributed by atoms with Crippen LogP contribution in [0.3, 0.4) is 0 Å². The van der Waals surface area contributed by atoms with Gasteiger partial charge in [0.1, 0.15) is 5.75 Å². The molecule has 0 unspecified atom stereocenters. The van der Waals surface area contributed by atoms with Gasteiger partial charge < -0.3 is 15.0 Å². The molecule has 5 nitrogen and oxygen atoms in total. The van der Waals surface area contributed by atoms with Crippen molar-refractivity contribution < 1.29 is 9.53 Å². The third-order valence-electron chi connectivity index (χ3n) is 5.08. The summed E-state index contributed by atoms with van der Waals surface area (Å²) < 4.78 is 5.50. The van der Waals surface area contributed by atoms with Crippen LogP contribution in [0.4, 0.5) is 0 Å². The Labute approximate surface area is 165 Å². The van der Waals surface area contributed by atoms with Crippen molar-refractivity contribution in [3.63, 3.8) is 0 Å². The van der Waals surface area contributed by atoms with E-state index in [2.05, 4.69) is 55.2 Å². The molecule has 0 aromatic heterocycles. The minimum atomic E-state index is 0.0908. The van der Waals surface area contributed by atoms with Gasteiger partial charge in [0.15, 0.2) is 0 Å². The molecule has 2 rings (SSSR count). The second kappa shape index (κ2) is 10.1.